The number of anilines is 4. The van der Waals surface area contributed by atoms with Gasteiger partial charge in [0.1, 0.15) is 42.6 Å². The highest BCUT2D eigenvalue weighted by Crippen LogP contribution is 2.31. The second-order valence-corrected chi connectivity index (χ2v) is 23.7. The first-order valence-corrected chi connectivity index (χ1v) is 29.5. The minimum Gasteiger partial charge on any atom is -0.379 e. The van der Waals surface area contributed by atoms with Crippen LogP contribution in [0.5, 0.6) is 23.0 Å². The summed E-state index contributed by atoms with van der Waals surface area (Å²) in [6.07, 6.45) is 0. The Labute approximate surface area is 459 Å². The third-order valence-corrected chi connectivity index (χ3v) is 16.8. The van der Waals surface area contributed by atoms with Gasteiger partial charge in [-0.3, -0.25) is 0 Å². The lowest BCUT2D eigenvalue weighted by atomic mass is 10.1. The van der Waals surface area contributed by atoms with Gasteiger partial charge in [-0.25, -0.2) is 9.59 Å². The quantitative estimate of drug-likeness (QED) is 0.0619. The molecule has 18 nitrogen and oxygen atoms in total. The fourth-order valence-electron chi connectivity index (χ4n) is 8.06. The maximum Gasteiger partial charge on any atom is 0.339 e. The number of rotatable bonds is 17. The Kier molecular flexibility index (Phi) is 15.0. The van der Waals surface area contributed by atoms with Crippen LogP contribution < -0.4 is 38.0 Å². The number of nitrogens with one attached hydrogen (secondary N) is 4. The standard InChI is InChI=1S/C58H42N4O14S4/c63-57(61-47-15-7-19-51(37-47)75-79(69,70)55-31-25-39-9-1-3-11-43(39)33-55)59-45-13-5-17-49(35-45)73-77(65,66)53-27-21-41(22-28-53)42-23-29-54(30-24-42)78(67,68)74-50-18-6-14-46(36-50)60-58(64)62-48-16-8-20-52(38-48)76-80(71,72)56-32-26-40-10-2-4-12-44(40)34-56/h1-38H,(H2,59,61,63)(H2,60,62,64). The van der Waals surface area contributed by atoms with Crippen LogP contribution in [-0.2, 0) is 40.5 Å². The molecular formula is C58H42N4O14S4. The zero-order chi connectivity index (χ0) is 56.1. The number of hydrogen-bond donors (Lipinski definition) is 4. The molecule has 22 heteroatoms. The van der Waals surface area contributed by atoms with Gasteiger partial charge < -0.3 is 38.0 Å². The van der Waals surface area contributed by atoms with E-state index in [1.54, 1.807) is 36.4 Å². The van der Waals surface area contributed by atoms with Crippen LogP contribution >= 0.6 is 0 Å². The van der Waals surface area contributed by atoms with Gasteiger partial charge in [-0.05, 0) is 130 Å². The summed E-state index contributed by atoms with van der Waals surface area (Å²) in [4.78, 5) is 25.5. The summed E-state index contributed by atoms with van der Waals surface area (Å²) in [6, 6.07) is 56.4. The van der Waals surface area contributed by atoms with Crippen molar-refractivity contribution in [1.82, 2.24) is 0 Å². The number of urea groups is 2. The van der Waals surface area contributed by atoms with E-state index in [-0.39, 0.29) is 65.3 Å². The summed E-state index contributed by atoms with van der Waals surface area (Å²) in [5.41, 5.74) is 1.81. The second kappa shape index (κ2) is 22.3. The van der Waals surface area contributed by atoms with Crippen molar-refractivity contribution in [2.75, 3.05) is 21.3 Å². The Hall–Kier alpha value is -9.74. The van der Waals surface area contributed by atoms with Gasteiger partial charge in [0.25, 0.3) is 0 Å². The number of hydrogen-bond acceptors (Lipinski definition) is 14. The lowest BCUT2D eigenvalue weighted by Gasteiger charge is -2.12. The average molecular weight is 1150 g/mol. The van der Waals surface area contributed by atoms with Crippen molar-refractivity contribution in [2.24, 2.45) is 0 Å². The first-order chi connectivity index (χ1) is 38.3. The lowest BCUT2D eigenvalue weighted by molar-refractivity contribution is 0.261. The molecular weight excluding hydrogens is 1100 g/mol. The molecule has 402 valence electrons. The van der Waals surface area contributed by atoms with Crippen LogP contribution in [-0.4, -0.2) is 45.7 Å². The summed E-state index contributed by atoms with van der Waals surface area (Å²) in [7, 11) is -17.2. The fourth-order valence-corrected chi connectivity index (χ4v) is 11.8. The van der Waals surface area contributed by atoms with E-state index in [1.807, 2.05) is 24.3 Å². The van der Waals surface area contributed by atoms with E-state index < -0.39 is 52.5 Å². The Morgan fingerprint density at radius 3 is 0.825 bits per heavy atom. The van der Waals surface area contributed by atoms with E-state index in [2.05, 4.69) is 21.3 Å². The van der Waals surface area contributed by atoms with Gasteiger partial charge in [0.2, 0.25) is 0 Å². The van der Waals surface area contributed by atoms with E-state index in [0.29, 0.717) is 11.1 Å². The molecule has 0 saturated carbocycles. The number of carbonyl (C=O) groups excluding carboxylic acids is 2. The predicted molar refractivity (Wildman–Crippen MR) is 302 cm³/mol. The summed E-state index contributed by atoms with van der Waals surface area (Å²) in [5, 5.41) is 13.5. The molecule has 0 atom stereocenters. The normalized spacial score (nSPS) is 11.8. The van der Waals surface area contributed by atoms with Crippen molar-refractivity contribution in [2.45, 2.75) is 19.6 Å². The third kappa shape index (κ3) is 13.0. The van der Waals surface area contributed by atoms with Crippen LogP contribution in [0.1, 0.15) is 0 Å². The Bertz CT molecular complexity index is 4200. The van der Waals surface area contributed by atoms with Gasteiger partial charge in [0.05, 0.1) is 0 Å². The van der Waals surface area contributed by atoms with E-state index in [9.17, 15) is 43.3 Å². The van der Waals surface area contributed by atoms with Gasteiger partial charge in [-0.2, -0.15) is 33.7 Å². The van der Waals surface area contributed by atoms with Crippen molar-refractivity contribution >= 4 is 96.8 Å². The van der Waals surface area contributed by atoms with Crippen molar-refractivity contribution < 1.29 is 60.0 Å². The van der Waals surface area contributed by atoms with Crippen molar-refractivity contribution in [3.05, 3.63) is 231 Å². The molecule has 10 rings (SSSR count). The van der Waals surface area contributed by atoms with Crippen LogP contribution in [0.2, 0.25) is 0 Å². The van der Waals surface area contributed by atoms with Gasteiger partial charge in [-0.15, -0.1) is 0 Å². The van der Waals surface area contributed by atoms with Gasteiger partial charge in [0, 0.05) is 47.0 Å². The number of fused-ring (bicyclic) bond motifs is 2. The molecule has 0 unspecified atom stereocenters. The van der Waals surface area contributed by atoms with E-state index in [1.165, 1.54) is 170 Å². The molecule has 80 heavy (non-hydrogen) atoms. The van der Waals surface area contributed by atoms with Crippen LogP contribution in [0.3, 0.4) is 0 Å². The Morgan fingerprint density at radius 2 is 0.525 bits per heavy atom. The van der Waals surface area contributed by atoms with Crippen LogP contribution in [0, 0.1) is 0 Å². The number of carbonyl (C=O) groups is 2. The first-order valence-electron chi connectivity index (χ1n) is 23.9. The molecule has 0 radical (unpaired) electrons. The highest BCUT2D eigenvalue weighted by atomic mass is 32.2. The van der Waals surface area contributed by atoms with E-state index in [0.717, 1.165) is 21.5 Å². The smallest absolute Gasteiger partial charge is 0.339 e. The maximum atomic E-state index is 13.4. The Balaban J connectivity index is 0.710. The molecule has 4 amide bonds. The summed E-state index contributed by atoms with van der Waals surface area (Å²) in [5.74, 6) is -0.332. The van der Waals surface area contributed by atoms with Crippen LogP contribution in [0.15, 0.2) is 250 Å². The summed E-state index contributed by atoms with van der Waals surface area (Å²) >= 11 is 0. The summed E-state index contributed by atoms with van der Waals surface area (Å²) in [6.45, 7) is 0. The van der Waals surface area contributed by atoms with Crippen LogP contribution in [0.4, 0.5) is 32.3 Å². The molecule has 0 aliphatic rings. The molecule has 0 saturated heterocycles. The monoisotopic (exact) mass is 1150 g/mol. The molecule has 0 bridgehead atoms. The summed E-state index contributed by atoms with van der Waals surface area (Å²) < 4.78 is 127. The Morgan fingerprint density at radius 1 is 0.263 bits per heavy atom. The topological polar surface area (TPSA) is 256 Å². The maximum absolute atomic E-state index is 13.4. The van der Waals surface area contributed by atoms with E-state index in [4.69, 9.17) is 16.7 Å². The largest absolute Gasteiger partial charge is 0.379 e. The number of amides is 4. The molecule has 0 aliphatic heterocycles. The predicted octanol–water partition coefficient (Wildman–Crippen LogP) is 12.0. The highest BCUT2D eigenvalue weighted by Gasteiger charge is 2.22. The number of benzene rings is 10. The van der Waals surface area contributed by atoms with Gasteiger partial charge in [-0.1, -0.05) is 109 Å². The molecule has 0 aliphatic carbocycles. The molecule has 10 aromatic rings. The van der Waals surface area contributed by atoms with Crippen molar-refractivity contribution in [3.63, 3.8) is 0 Å². The molecule has 0 heterocycles. The molecule has 10 aromatic carbocycles. The minimum atomic E-state index is -4.39. The van der Waals surface area contributed by atoms with Gasteiger partial charge in [0.15, 0.2) is 0 Å². The zero-order valence-corrected chi connectivity index (χ0v) is 44.6. The highest BCUT2D eigenvalue weighted by molar-refractivity contribution is 7.88. The molecule has 4 N–H and O–H groups in total. The lowest BCUT2D eigenvalue weighted by Crippen LogP contribution is -2.19. The van der Waals surface area contributed by atoms with E-state index >= 15 is 0 Å². The van der Waals surface area contributed by atoms with Crippen LogP contribution in [0.25, 0.3) is 32.7 Å². The third-order valence-electron chi connectivity index (χ3n) is 11.8. The van der Waals surface area contributed by atoms with Gasteiger partial charge >= 0.3 is 52.5 Å². The molecule has 0 spiro atoms. The minimum absolute atomic E-state index is 0.0454. The first kappa shape index (κ1) is 53.6. The molecule has 0 aromatic heterocycles. The average Bonchev–Trinajstić information content (AvgIpc) is 3.43. The molecule has 0 fully saturated rings. The van der Waals surface area contributed by atoms with Crippen molar-refractivity contribution in [3.8, 4) is 34.1 Å². The zero-order valence-electron chi connectivity index (χ0n) is 41.3. The fraction of sp³-hybridized carbons (Fsp3) is 0. The SMILES string of the molecule is O=C(Nc1cccc(OS(=O)(=O)c2ccc(-c3ccc(S(=O)(=O)Oc4cccc(NC(=O)Nc5cccc(OS(=O)(=O)c6ccc7ccccc7c6)c5)c4)cc3)cc2)c1)Nc1cccc(OS(=O)(=O)c2ccc3ccccc3c2)c1. The second-order valence-electron chi connectivity index (χ2n) is 17.5. The van der Waals surface area contributed by atoms with Crippen molar-refractivity contribution in [1.29, 1.82) is 0 Å².